The third kappa shape index (κ3) is 5.06. The van der Waals surface area contributed by atoms with Gasteiger partial charge in [0.2, 0.25) is 0 Å². The lowest BCUT2D eigenvalue weighted by Crippen LogP contribution is -2.42. The van der Waals surface area contributed by atoms with E-state index in [9.17, 15) is 14.0 Å². The molecule has 0 bridgehead atoms. The number of aromatic nitrogens is 2. The molecule has 0 fully saturated rings. The predicted molar refractivity (Wildman–Crippen MR) is 141 cm³/mol. The average Bonchev–Trinajstić information content (AvgIpc) is 2.87. The molecule has 10 heteroatoms. The Hall–Kier alpha value is -3.46. The molecule has 186 valence electrons. The van der Waals surface area contributed by atoms with Gasteiger partial charge in [-0.3, -0.25) is 15.0 Å². The van der Waals surface area contributed by atoms with Gasteiger partial charge in [0.15, 0.2) is 11.6 Å². The van der Waals surface area contributed by atoms with Crippen LogP contribution in [0.4, 0.5) is 10.1 Å². The number of hydrogen-bond acceptors (Lipinski definition) is 5. The maximum atomic E-state index is 14.8. The summed E-state index contributed by atoms with van der Waals surface area (Å²) in [6.07, 6.45) is 0.364. The van der Waals surface area contributed by atoms with Crippen LogP contribution in [0.2, 0.25) is 10.0 Å². The molecular formula is C26H24Cl2FN5O2. The SMILES string of the molecule is CCC(c1nc2cc(Cl)ccc2c(=O)n1Nc1ccccc1)N(CCN)C(=O)c1cccc(Cl)c1F. The molecule has 1 amide bonds. The van der Waals surface area contributed by atoms with Gasteiger partial charge in [0, 0.05) is 18.1 Å². The smallest absolute Gasteiger partial charge is 0.280 e. The van der Waals surface area contributed by atoms with Gasteiger partial charge in [-0.1, -0.05) is 54.4 Å². The van der Waals surface area contributed by atoms with Crippen LogP contribution in [0, 0.1) is 5.82 Å². The number of nitrogens with zero attached hydrogens (tertiary/aromatic N) is 3. The van der Waals surface area contributed by atoms with E-state index in [2.05, 4.69) is 5.43 Å². The highest BCUT2D eigenvalue weighted by Gasteiger charge is 2.31. The van der Waals surface area contributed by atoms with Gasteiger partial charge in [0.1, 0.15) is 0 Å². The zero-order valence-corrected chi connectivity index (χ0v) is 20.9. The number of fused-ring (bicyclic) bond motifs is 1. The molecule has 4 rings (SSSR count). The van der Waals surface area contributed by atoms with E-state index in [1.807, 2.05) is 25.1 Å². The van der Waals surface area contributed by atoms with Crippen molar-refractivity contribution in [3.8, 4) is 0 Å². The Morgan fingerprint density at radius 2 is 1.89 bits per heavy atom. The molecule has 4 aromatic rings. The second-order valence-electron chi connectivity index (χ2n) is 8.06. The van der Waals surface area contributed by atoms with Crippen LogP contribution >= 0.6 is 23.2 Å². The van der Waals surface area contributed by atoms with Gasteiger partial charge in [0.05, 0.1) is 33.2 Å². The molecule has 0 aliphatic rings. The van der Waals surface area contributed by atoms with E-state index >= 15 is 0 Å². The Morgan fingerprint density at radius 1 is 1.14 bits per heavy atom. The lowest BCUT2D eigenvalue weighted by molar-refractivity contribution is 0.0660. The number of para-hydroxylation sites is 1. The van der Waals surface area contributed by atoms with Gasteiger partial charge >= 0.3 is 0 Å². The molecule has 36 heavy (non-hydrogen) atoms. The molecular weight excluding hydrogens is 504 g/mol. The van der Waals surface area contributed by atoms with Crippen molar-refractivity contribution in [1.82, 2.24) is 14.6 Å². The third-order valence-electron chi connectivity index (χ3n) is 5.75. The zero-order chi connectivity index (χ0) is 25.8. The van der Waals surface area contributed by atoms with Crippen molar-refractivity contribution in [2.45, 2.75) is 19.4 Å². The highest BCUT2D eigenvalue weighted by Crippen LogP contribution is 2.28. The summed E-state index contributed by atoms with van der Waals surface area (Å²) >= 11 is 12.1. The van der Waals surface area contributed by atoms with Crippen LogP contribution in [-0.2, 0) is 0 Å². The summed E-state index contributed by atoms with van der Waals surface area (Å²) in [5.41, 5.74) is 9.41. The largest absolute Gasteiger partial charge is 0.329 e. The molecule has 0 radical (unpaired) electrons. The number of benzene rings is 3. The van der Waals surface area contributed by atoms with Crippen LogP contribution in [0.3, 0.4) is 0 Å². The maximum Gasteiger partial charge on any atom is 0.280 e. The normalized spacial score (nSPS) is 11.9. The molecule has 0 spiro atoms. The van der Waals surface area contributed by atoms with Crippen LogP contribution in [0.25, 0.3) is 10.9 Å². The minimum Gasteiger partial charge on any atom is -0.329 e. The molecule has 1 aromatic heterocycles. The van der Waals surface area contributed by atoms with Gasteiger partial charge in [0.25, 0.3) is 11.5 Å². The molecule has 0 saturated carbocycles. The van der Waals surface area contributed by atoms with Gasteiger partial charge in [-0.25, -0.2) is 14.1 Å². The van der Waals surface area contributed by atoms with E-state index in [0.29, 0.717) is 28.0 Å². The molecule has 1 unspecified atom stereocenters. The van der Waals surface area contributed by atoms with E-state index < -0.39 is 17.8 Å². The summed E-state index contributed by atoms with van der Waals surface area (Å²) in [4.78, 5) is 33.3. The Morgan fingerprint density at radius 3 is 2.58 bits per heavy atom. The summed E-state index contributed by atoms with van der Waals surface area (Å²) < 4.78 is 16.1. The van der Waals surface area contributed by atoms with Crippen molar-refractivity contribution in [2.75, 3.05) is 18.5 Å². The van der Waals surface area contributed by atoms with Gasteiger partial charge in [-0.15, -0.1) is 0 Å². The lowest BCUT2D eigenvalue weighted by atomic mass is 10.1. The van der Waals surface area contributed by atoms with Crippen LogP contribution in [0.5, 0.6) is 0 Å². The quantitative estimate of drug-likeness (QED) is 0.325. The molecule has 7 nitrogen and oxygen atoms in total. The van der Waals surface area contributed by atoms with Gasteiger partial charge < -0.3 is 10.6 Å². The molecule has 3 aromatic carbocycles. The summed E-state index contributed by atoms with van der Waals surface area (Å²) in [6, 6.07) is 17.4. The number of hydrogen-bond donors (Lipinski definition) is 2. The first-order chi connectivity index (χ1) is 17.3. The average molecular weight is 528 g/mol. The summed E-state index contributed by atoms with van der Waals surface area (Å²) in [5.74, 6) is -1.18. The van der Waals surface area contributed by atoms with Gasteiger partial charge in [-0.05, 0) is 48.9 Å². The van der Waals surface area contributed by atoms with E-state index in [0.717, 1.165) is 0 Å². The second-order valence-corrected chi connectivity index (χ2v) is 8.91. The summed E-state index contributed by atoms with van der Waals surface area (Å²) in [5, 5.41) is 0.597. The molecule has 0 aliphatic carbocycles. The number of amides is 1. The van der Waals surface area contributed by atoms with Crippen molar-refractivity contribution < 1.29 is 9.18 Å². The van der Waals surface area contributed by atoms with Crippen LogP contribution in [-0.4, -0.2) is 33.6 Å². The molecule has 1 heterocycles. The highest BCUT2D eigenvalue weighted by atomic mass is 35.5. The minimum atomic E-state index is -0.820. The Balaban J connectivity index is 1.91. The fourth-order valence-corrected chi connectivity index (χ4v) is 4.39. The fourth-order valence-electron chi connectivity index (χ4n) is 4.05. The first-order valence-corrected chi connectivity index (χ1v) is 12.1. The monoisotopic (exact) mass is 527 g/mol. The number of halogens is 3. The van der Waals surface area contributed by atoms with Crippen molar-refractivity contribution in [1.29, 1.82) is 0 Å². The molecule has 0 aliphatic heterocycles. The molecule has 1 atom stereocenters. The number of nitrogens with two attached hydrogens (primary N) is 1. The Bertz CT molecular complexity index is 1460. The van der Waals surface area contributed by atoms with E-state index in [1.54, 1.807) is 30.3 Å². The van der Waals surface area contributed by atoms with E-state index in [1.165, 1.54) is 27.8 Å². The predicted octanol–water partition coefficient (Wildman–Crippen LogP) is 5.27. The van der Waals surface area contributed by atoms with Crippen molar-refractivity contribution in [3.05, 3.63) is 104 Å². The third-order valence-corrected chi connectivity index (χ3v) is 6.27. The number of carbonyl (C=O) groups is 1. The van der Waals surface area contributed by atoms with Gasteiger partial charge in [-0.2, -0.15) is 0 Å². The van der Waals surface area contributed by atoms with Crippen molar-refractivity contribution in [2.24, 2.45) is 5.73 Å². The topological polar surface area (TPSA) is 93.2 Å². The zero-order valence-electron chi connectivity index (χ0n) is 19.4. The van der Waals surface area contributed by atoms with E-state index in [-0.39, 0.29) is 35.1 Å². The van der Waals surface area contributed by atoms with Crippen LogP contribution in [0.1, 0.15) is 35.6 Å². The van der Waals surface area contributed by atoms with E-state index in [4.69, 9.17) is 33.9 Å². The molecule has 0 saturated heterocycles. The van der Waals surface area contributed by atoms with Crippen molar-refractivity contribution >= 4 is 45.7 Å². The Kier molecular flexibility index (Phi) is 7.88. The highest BCUT2D eigenvalue weighted by molar-refractivity contribution is 6.31. The first-order valence-electron chi connectivity index (χ1n) is 11.3. The lowest BCUT2D eigenvalue weighted by Gasteiger charge is -2.32. The second kappa shape index (κ2) is 11.1. The number of carbonyl (C=O) groups excluding carboxylic acids is 1. The number of rotatable bonds is 8. The summed E-state index contributed by atoms with van der Waals surface area (Å²) in [7, 11) is 0. The maximum absolute atomic E-state index is 14.8. The minimum absolute atomic E-state index is 0.0953. The Labute approximate surface area is 217 Å². The standard InChI is InChI=1S/C26H24Cl2FN5O2/c1-2-22(33(14-13-30)25(35)19-9-6-10-20(28)23(19)29)24-31-21-15-16(27)11-12-18(21)26(36)34(24)32-17-7-4-3-5-8-17/h3-12,15,22,32H,2,13-14,30H2,1H3. The number of nitrogens with one attached hydrogen (secondary N) is 1. The summed E-state index contributed by atoms with van der Waals surface area (Å²) in [6.45, 7) is 2.05. The van der Waals surface area contributed by atoms with Crippen LogP contribution in [0.15, 0.2) is 71.5 Å². The molecule has 3 N–H and O–H groups in total. The first kappa shape index (κ1) is 25.6. The number of anilines is 1. The van der Waals surface area contributed by atoms with Crippen molar-refractivity contribution in [3.63, 3.8) is 0 Å². The van der Waals surface area contributed by atoms with Crippen LogP contribution < -0.4 is 16.7 Å². The fraction of sp³-hybridized carbons (Fsp3) is 0.192.